The average molecular weight is 455 g/mol. The van der Waals surface area contributed by atoms with E-state index in [9.17, 15) is 14.9 Å². The minimum Gasteiger partial charge on any atom is -0.477 e. The molecule has 4 rings (SSSR count). The summed E-state index contributed by atoms with van der Waals surface area (Å²) in [6, 6.07) is 23.5. The van der Waals surface area contributed by atoms with Gasteiger partial charge in [0.1, 0.15) is 5.69 Å². The van der Waals surface area contributed by atoms with Gasteiger partial charge in [0.05, 0.1) is 16.8 Å². The summed E-state index contributed by atoms with van der Waals surface area (Å²) < 4.78 is 7.04. The number of benzene rings is 3. The van der Waals surface area contributed by atoms with Crippen molar-refractivity contribution in [2.45, 2.75) is 6.92 Å². The summed E-state index contributed by atoms with van der Waals surface area (Å²) in [6.45, 7) is 1.58. The van der Waals surface area contributed by atoms with Gasteiger partial charge in [-0.2, -0.15) is 10.2 Å². The fraction of sp³-hybridized carbons (Fsp3) is 0.0800. The van der Waals surface area contributed by atoms with Crippen molar-refractivity contribution in [3.8, 4) is 22.7 Å². The number of rotatable bonds is 8. The molecule has 1 N–H and O–H groups in total. The summed E-state index contributed by atoms with van der Waals surface area (Å²) in [5, 5.41) is 19.8. The zero-order chi connectivity index (χ0) is 23.9. The van der Waals surface area contributed by atoms with E-state index in [1.165, 1.54) is 24.4 Å². The lowest BCUT2D eigenvalue weighted by Gasteiger charge is -2.05. The van der Waals surface area contributed by atoms with Crippen LogP contribution in [0, 0.1) is 17.0 Å². The van der Waals surface area contributed by atoms with Crippen molar-refractivity contribution in [3.63, 3.8) is 0 Å². The van der Waals surface area contributed by atoms with Crippen molar-refractivity contribution < 1.29 is 14.5 Å². The van der Waals surface area contributed by atoms with Gasteiger partial charge in [0.15, 0.2) is 12.4 Å². The molecule has 9 heteroatoms. The minimum atomic E-state index is -0.567. The maximum atomic E-state index is 12.2. The molecule has 1 amide bonds. The number of para-hydroxylation sites is 3. The summed E-state index contributed by atoms with van der Waals surface area (Å²) in [4.78, 5) is 22.7. The lowest BCUT2D eigenvalue weighted by atomic mass is 10.1. The molecular weight excluding hydrogens is 434 g/mol. The Bertz CT molecular complexity index is 1350. The molecule has 1 aromatic heterocycles. The number of aryl methyl sites for hydroxylation is 1. The SMILES string of the molecule is Cc1cccc(-c2nn(-c3ccccc3)cc2C=NNC(=O)COc2ccccc2[N+](=O)[O-])c1. The van der Waals surface area contributed by atoms with Gasteiger partial charge in [-0.15, -0.1) is 0 Å². The highest BCUT2D eigenvalue weighted by Crippen LogP contribution is 2.26. The van der Waals surface area contributed by atoms with Crippen LogP contribution in [0.15, 0.2) is 90.2 Å². The molecule has 170 valence electrons. The molecule has 0 spiro atoms. The van der Waals surface area contributed by atoms with Gasteiger partial charge >= 0.3 is 5.69 Å². The first-order valence-electron chi connectivity index (χ1n) is 10.4. The van der Waals surface area contributed by atoms with Gasteiger partial charge in [-0.3, -0.25) is 14.9 Å². The van der Waals surface area contributed by atoms with Gasteiger partial charge in [0.2, 0.25) is 0 Å². The molecular formula is C25H21N5O4. The van der Waals surface area contributed by atoms with Gasteiger partial charge in [0.25, 0.3) is 5.91 Å². The van der Waals surface area contributed by atoms with E-state index in [0.717, 1.165) is 16.8 Å². The van der Waals surface area contributed by atoms with E-state index >= 15 is 0 Å². The molecule has 0 saturated heterocycles. The van der Waals surface area contributed by atoms with Crippen LogP contribution in [-0.4, -0.2) is 33.4 Å². The molecule has 0 radical (unpaired) electrons. The molecule has 1 heterocycles. The normalized spacial score (nSPS) is 10.9. The Morgan fingerprint density at radius 1 is 1.12 bits per heavy atom. The molecule has 0 saturated carbocycles. The summed E-state index contributed by atoms with van der Waals surface area (Å²) >= 11 is 0. The Morgan fingerprint density at radius 2 is 1.88 bits per heavy atom. The van der Waals surface area contributed by atoms with E-state index in [1.54, 1.807) is 10.7 Å². The zero-order valence-electron chi connectivity index (χ0n) is 18.3. The number of hydrogen-bond acceptors (Lipinski definition) is 6. The second-order valence-corrected chi connectivity index (χ2v) is 7.39. The average Bonchev–Trinajstić information content (AvgIpc) is 3.28. The summed E-state index contributed by atoms with van der Waals surface area (Å²) in [7, 11) is 0. The van der Waals surface area contributed by atoms with Crippen LogP contribution >= 0.6 is 0 Å². The van der Waals surface area contributed by atoms with Gasteiger partial charge in [0, 0.05) is 23.4 Å². The Labute approximate surface area is 195 Å². The third-order valence-corrected chi connectivity index (χ3v) is 4.87. The molecule has 0 atom stereocenters. The summed E-state index contributed by atoms with van der Waals surface area (Å²) in [5.74, 6) is -0.542. The highest BCUT2D eigenvalue weighted by atomic mass is 16.6. The second-order valence-electron chi connectivity index (χ2n) is 7.39. The molecule has 3 aromatic carbocycles. The predicted octanol–water partition coefficient (Wildman–Crippen LogP) is 4.29. The lowest BCUT2D eigenvalue weighted by molar-refractivity contribution is -0.385. The molecule has 0 fully saturated rings. The number of ether oxygens (including phenoxy) is 1. The maximum Gasteiger partial charge on any atom is 0.310 e. The zero-order valence-corrected chi connectivity index (χ0v) is 18.3. The van der Waals surface area contributed by atoms with Crippen molar-refractivity contribution in [2.75, 3.05) is 6.61 Å². The molecule has 0 aliphatic heterocycles. The number of hydrogen-bond donors (Lipinski definition) is 1. The Hall–Kier alpha value is -4.79. The fourth-order valence-electron chi connectivity index (χ4n) is 3.29. The molecule has 9 nitrogen and oxygen atoms in total. The lowest BCUT2D eigenvalue weighted by Crippen LogP contribution is -2.24. The van der Waals surface area contributed by atoms with Crippen LogP contribution in [0.3, 0.4) is 0 Å². The number of nitro benzene ring substituents is 1. The molecule has 0 aliphatic rings. The van der Waals surface area contributed by atoms with E-state index in [2.05, 4.69) is 10.5 Å². The van der Waals surface area contributed by atoms with Crippen molar-refractivity contribution >= 4 is 17.8 Å². The molecule has 4 aromatic rings. The number of nitrogens with zero attached hydrogens (tertiary/aromatic N) is 4. The number of aromatic nitrogens is 2. The molecule has 0 unspecified atom stereocenters. The first kappa shape index (κ1) is 22.4. The van der Waals surface area contributed by atoms with Crippen LogP contribution in [0.2, 0.25) is 0 Å². The third-order valence-electron chi connectivity index (χ3n) is 4.87. The second kappa shape index (κ2) is 10.2. The summed E-state index contributed by atoms with van der Waals surface area (Å²) in [6.07, 6.45) is 3.33. The number of carbonyl (C=O) groups excluding carboxylic acids is 1. The Balaban J connectivity index is 1.50. The topological polar surface area (TPSA) is 112 Å². The van der Waals surface area contributed by atoms with Crippen LogP contribution in [0.1, 0.15) is 11.1 Å². The first-order chi connectivity index (χ1) is 16.5. The van der Waals surface area contributed by atoms with Crippen LogP contribution < -0.4 is 10.2 Å². The third kappa shape index (κ3) is 5.33. The Kier molecular flexibility index (Phi) is 6.73. The van der Waals surface area contributed by atoms with Crippen LogP contribution in [0.5, 0.6) is 5.75 Å². The maximum absolute atomic E-state index is 12.2. The van der Waals surface area contributed by atoms with Crippen LogP contribution in [0.4, 0.5) is 5.69 Å². The Morgan fingerprint density at radius 3 is 2.65 bits per heavy atom. The van der Waals surface area contributed by atoms with Gasteiger partial charge in [-0.25, -0.2) is 10.1 Å². The van der Waals surface area contributed by atoms with Gasteiger partial charge in [-0.1, -0.05) is 54.1 Å². The molecule has 34 heavy (non-hydrogen) atoms. The number of amides is 1. The van der Waals surface area contributed by atoms with Gasteiger partial charge in [-0.05, 0) is 31.2 Å². The largest absolute Gasteiger partial charge is 0.477 e. The van der Waals surface area contributed by atoms with Gasteiger partial charge < -0.3 is 4.74 Å². The number of nitrogens with one attached hydrogen (secondary N) is 1. The molecule has 0 aliphatic carbocycles. The smallest absolute Gasteiger partial charge is 0.310 e. The van der Waals surface area contributed by atoms with Crippen molar-refractivity contribution in [1.29, 1.82) is 0 Å². The summed E-state index contributed by atoms with van der Waals surface area (Å²) in [5.41, 5.74) is 6.49. The van der Waals surface area contributed by atoms with Crippen molar-refractivity contribution in [3.05, 3.63) is 106 Å². The highest BCUT2D eigenvalue weighted by molar-refractivity contribution is 5.89. The fourth-order valence-corrected chi connectivity index (χ4v) is 3.29. The van der Waals surface area contributed by atoms with E-state index in [1.807, 2.05) is 67.7 Å². The first-order valence-corrected chi connectivity index (χ1v) is 10.4. The predicted molar refractivity (Wildman–Crippen MR) is 128 cm³/mol. The number of hydrazone groups is 1. The van der Waals surface area contributed by atoms with E-state index in [0.29, 0.717) is 11.3 Å². The van der Waals surface area contributed by atoms with E-state index < -0.39 is 17.4 Å². The van der Waals surface area contributed by atoms with E-state index in [4.69, 9.17) is 9.84 Å². The van der Waals surface area contributed by atoms with E-state index in [-0.39, 0.29) is 11.4 Å². The standard InChI is InChI=1S/C25H21N5O4/c1-18-8-7-9-19(14-18)25-20(16-29(28-25)21-10-3-2-4-11-21)15-26-27-24(31)17-34-23-13-6-5-12-22(23)30(32)33/h2-16H,17H2,1H3,(H,27,31). The monoisotopic (exact) mass is 455 g/mol. The number of carbonyl (C=O) groups is 1. The van der Waals surface area contributed by atoms with Crippen LogP contribution in [-0.2, 0) is 4.79 Å². The van der Waals surface area contributed by atoms with Crippen molar-refractivity contribution in [2.24, 2.45) is 5.10 Å². The molecule has 0 bridgehead atoms. The quantitative estimate of drug-likeness (QED) is 0.242. The number of nitro groups is 1. The minimum absolute atomic E-state index is 0.0116. The highest BCUT2D eigenvalue weighted by Gasteiger charge is 2.15. The van der Waals surface area contributed by atoms with Crippen molar-refractivity contribution in [1.82, 2.24) is 15.2 Å². The van der Waals surface area contributed by atoms with Crippen LogP contribution in [0.25, 0.3) is 16.9 Å².